The van der Waals surface area contributed by atoms with E-state index in [2.05, 4.69) is 25.0 Å². The van der Waals surface area contributed by atoms with Crippen molar-refractivity contribution in [3.63, 3.8) is 0 Å². The van der Waals surface area contributed by atoms with Gasteiger partial charge in [0.15, 0.2) is 11.6 Å². The lowest BCUT2D eigenvalue weighted by molar-refractivity contribution is 0.380. The average molecular weight is 381 g/mol. The maximum Gasteiger partial charge on any atom is 0.191 e. The molecule has 28 heavy (non-hydrogen) atoms. The average Bonchev–Trinajstić information content (AvgIpc) is 3.15. The third kappa shape index (κ3) is 4.05. The number of anilines is 1. The molecule has 3 aromatic rings. The van der Waals surface area contributed by atoms with Gasteiger partial charge in [-0.3, -0.25) is 9.39 Å². The standard InChI is InChI=1S/C20H24FN7/c21-16-6-8-17(9-7-16)26-12-14-27(15-13-26)20(22)23-10-3-5-19-25-24-18-4-1-2-11-28(18)19/h1-2,4,6-9,11H,3,5,10,12-15H2,(H2,22,23). The molecule has 2 N–H and O–H groups in total. The summed E-state index contributed by atoms with van der Waals surface area (Å²) in [7, 11) is 0. The number of aryl methyl sites for hydroxylation is 1. The molecule has 0 bridgehead atoms. The van der Waals surface area contributed by atoms with Gasteiger partial charge in [0.25, 0.3) is 0 Å². The van der Waals surface area contributed by atoms with Gasteiger partial charge in [-0.15, -0.1) is 10.2 Å². The lowest BCUT2D eigenvalue weighted by Gasteiger charge is -2.36. The van der Waals surface area contributed by atoms with E-state index in [0.29, 0.717) is 12.5 Å². The van der Waals surface area contributed by atoms with E-state index in [1.54, 1.807) is 0 Å². The predicted molar refractivity (Wildman–Crippen MR) is 108 cm³/mol. The number of fused-ring (bicyclic) bond motifs is 1. The molecule has 2 aromatic heterocycles. The summed E-state index contributed by atoms with van der Waals surface area (Å²) in [6, 6.07) is 12.5. The van der Waals surface area contributed by atoms with Crippen LogP contribution in [0.4, 0.5) is 10.1 Å². The molecule has 1 aromatic carbocycles. The number of guanidine groups is 1. The lowest BCUT2D eigenvalue weighted by Crippen LogP contribution is -2.51. The van der Waals surface area contributed by atoms with Gasteiger partial charge in [-0.1, -0.05) is 6.07 Å². The number of rotatable bonds is 5. The van der Waals surface area contributed by atoms with Crippen molar-refractivity contribution < 1.29 is 4.39 Å². The second kappa shape index (κ2) is 8.24. The molecule has 0 radical (unpaired) electrons. The highest BCUT2D eigenvalue weighted by Gasteiger charge is 2.18. The molecule has 0 saturated carbocycles. The number of benzene rings is 1. The van der Waals surface area contributed by atoms with Gasteiger partial charge in [0.2, 0.25) is 0 Å². The Morgan fingerprint density at radius 2 is 1.82 bits per heavy atom. The minimum absolute atomic E-state index is 0.210. The van der Waals surface area contributed by atoms with E-state index < -0.39 is 0 Å². The Bertz CT molecular complexity index is 943. The van der Waals surface area contributed by atoms with Crippen molar-refractivity contribution in [3.05, 3.63) is 60.3 Å². The number of hydrogen-bond donors (Lipinski definition) is 1. The van der Waals surface area contributed by atoms with Gasteiger partial charge >= 0.3 is 0 Å². The van der Waals surface area contributed by atoms with Crippen LogP contribution < -0.4 is 10.6 Å². The van der Waals surface area contributed by atoms with E-state index in [-0.39, 0.29) is 5.82 Å². The number of nitrogens with two attached hydrogens (primary N) is 1. The van der Waals surface area contributed by atoms with Crippen LogP contribution in [0.5, 0.6) is 0 Å². The second-order valence-electron chi connectivity index (χ2n) is 6.84. The quantitative estimate of drug-likeness (QED) is 0.415. The Morgan fingerprint density at radius 3 is 2.61 bits per heavy atom. The van der Waals surface area contributed by atoms with Gasteiger partial charge in [-0.2, -0.15) is 0 Å². The van der Waals surface area contributed by atoms with Crippen LogP contribution in [-0.2, 0) is 6.42 Å². The Morgan fingerprint density at radius 1 is 1.04 bits per heavy atom. The molecule has 1 aliphatic rings. The van der Waals surface area contributed by atoms with E-state index in [0.717, 1.165) is 56.2 Å². The van der Waals surface area contributed by atoms with Crippen molar-refractivity contribution in [2.75, 3.05) is 37.6 Å². The summed E-state index contributed by atoms with van der Waals surface area (Å²) in [5.41, 5.74) is 8.08. The third-order valence-electron chi connectivity index (χ3n) is 5.01. The van der Waals surface area contributed by atoms with Crippen LogP contribution in [0.3, 0.4) is 0 Å². The highest BCUT2D eigenvalue weighted by atomic mass is 19.1. The van der Waals surface area contributed by atoms with Crippen molar-refractivity contribution in [1.82, 2.24) is 19.5 Å². The molecule has 1 fully saturated rings. The van der Waals surface area contributed by atoms with Crippen LogP contribution in [0.1, 0.15) is 12.2 Å². The van der Waals surface area contributed by atoms with Gasteiger partial charge in [0.1, 0.15) is 11.6 Å². The van der Waals surface area contributed by atoms with E-state index >= 15 is 0 Å². The lowest BCUT2D eigenvalue weighted by atomic mass is 10.2. The van der Waals surface area contributed by atoms with Crippen LogP contribution in [-0.4, -0.2) is 58.2 Å². The number of aromatic nitrogens is 3. The Balaban J connectivity index is 1.25. The fourth-order valence-electron chi connectivity index (χ4n) is 3.44. The van der Waals surface area contributed by atoms with E-state index in [9.17, 15) is 4.39 Å². The third-order valence-corrected chi connectivity index (χ3v) is 5.01. The summed E-state index contributed by atoms with van der Waals surface area (Å²) < 4.78 is 15.1. The molecule has 0 amide bonds. The predicted octanol–water partition coefficient (Wildman–Crippen LogP) is 1.94. The Kier molecular flexibility index (Phi) is 5.36. The first kappa shape index (κ1) is 18.2. The maximum atomic E-state index is 13.1. The minimum atomic E-state index is -0.210. The van der Waals surface area contributed by atoms with E-state index in [1.807, 2.05) is 40.9 Å². The summed E-state index contributed by atoms with van der Waals surface area (Å²) in [6.45, 7) is 3.95. The van der Waals surface area contributed by atoms with Crippen LogP contribution in [0.15, 0.2) is 53.7 Å². The molecule has 0 atom stereocenters. The zero-order valence-corrected chi connectivity index (χ0v) is 15.7. The first-order chi connectivity index (χ1) is 13.7. The summed E-state index contributed by atoms with van der Waals surface area (Å²) in [5.74, 6) is 1.32. The minimum Gasteiger partial charge on any atom is -0.370 e. The molecule has 1 aliphatic heterocycles. The van der Waals surface area contributed by atoms with Gasteiger partial charge in [-0.25, -0.2) is 4.39 Å². The Labute approximate surface area is 163 Å². The molecule has 0 unspecified atom stereocenters. The molecule has 3 heterocycles. The molecule has 8 heteroatoms. The van der Waals surface area contributed by atoms with Crippen molar-refractivity contribution >= 4 is 17.3 Å². The normalized spacial score (nSPS) is 15.4. The number of hydrogen-bond acceptors (Lipinski definition) is 4. The zero-order valence-electron chi connectivity index (χ0n) is 15.7. The van der Waals surface area contributed by atoms with Crippen LogP contribution in [0.2, 0.25) is 0 Å². The summed E-state index contributed by atoms with van der Waals surface area (Å²) in [5, 5.41) is 8.40. The number of aliphatic imine (C=N–C) groups is 1. The van der Waals surface area contributed by atoms with Gasteiger partial charge in [0.05, 0.1) is 0 Å². The molecule has 7 nitrogen and oxygen atoms in total. The largest absolute Gasteiger partial charge is 0.370 e. The van der Waals surface area contributed by atoms with Crippen molar-refractivity contribution in [2.24, 2.45) is 10.7 Å². The fraction of sp³-hybridized carbons (Fsp3) is 0.350. The fourth-order valence-corrected chi connectivity index (χ4v) is 3.44. The molecule has 146 valence electrons. The molecular weight excluding hydrogens is 357 g/mol. The monoisotopic (exact) mass is 381 g/mol. The van der Waals surface area contributed by atoms with Crippen LogP contribution >= 0.6 is 0 Å². The molecule has 4 rings (SSSR count). The van der Waals surface area contributed by atoms with E-state index in [1.165, 1.54) is 12.1 Å². The number of nitrogens with zero attached hydrogens (tertiary/aromatic N) is 6. The maximum absolute atomic E-state index is 13.1. The second-order valence-corrected chi connectivity index (χ2v) is 6.84. The SMILES string of the molecule is NC(=NCCCc1nnc2ccccn12)N1CCN(c2ccc(F)cc2)CC1. The van der Waals surface area contributed by atoms with E-state index in [4.69, 9.17) is 5.73 Å². The summed E-state index contributed by atoms with van der Waals surface area (Å²) in [6.07, 6.45) is 3.65. The number of piperazine rings is 1. The van der Waals surface area contributed by atoms with Crippen molar-refractivity contribution in [3.8, 4) is 0 Å². The smallest absolute Gasteiger partial charge is 0.191 e. The van der Waals surface area contributed by atoms with Gasteiger partial charge in [0, 0.05) is 51.0 Å². The molecule has 1 saturated heterocycles. The molecule has 0 spiro atoms. The first-order valence-electron chi connectivity index (χ1n) is 9.55. The topological polar surface area (TPSA) is 75.0 Å². The number of pyridine rings is 1. The highest BCUT2D eigenvalue weighted by Crippen LogP contribution is 2.16. The van der Waals surface area contributed by atoms with Crippen molar-refractivity contribution in [2.45, 2.75) is 12.8 Å². The molecule has 0 aliphatic carbocycles. The first-order valence-corrected chi connectivity index (χ1v) is 9.55. The zero-order chi connectivity index (χ0) is 19.3. The summed E-state index contributed by atoms with van der Waals surface area (Å²) in [4.78, 5) is 8.87. The highest BCUT2D eigenvalue weighted by molar-refractivity contribution is 5.78. The molecular formula is C20H24FN7. The summed E-state index contributed by atoms with van der Waals surface area (Å²) >= 11 is 0. The van der Waals surface area contributed by atoms with Gasteiger partial charge < -0.3 is 15.5 Å². The van der Waals surface area contributed by atoms with Gasteiger partial charge in [-0.05, 0) is 42.8 Å². The van der Waals surface area contributed by atoms with Crippen LogP contribution in [0.25, 0.3) is 5.65 Å². The van der Waals surface area contributed by atoms with Crippen LogP contribution in [0, 0.1) is 5.82 Å². The Hall–Kier alpha value is -3.16. The number of halogens is 1. The van der Waals surface area contributed by atoms with Crippen molar-refractivity contribution in [1.29, 1.82) is 0 Å².